The number of ether oxygens (including phenoxy) is 3. The molecule has 6 nitrogen and oxygen atoms in total. The number of rotatable bonds is 11. The fraction of sp³-hybridized carbons (Fsp3) is 0.259. The van der Waals surface area contributed by atoms with E-state index in [1.807, 2.05) is 79.0 Å². The highest BCUT2D eigenvalue weighted by Crippen LogP contribution is 2.30. The molecule has 1 heterocycles. The van der Waals surface area contributed by atoms with Crippen molar-refractivity contribution in [2.24, 2.45) is 0 Å². The summed E-state index contributed by atoms with van der Waals surface area (Å²) in [5.74, 6) is 1.45. The largest absolute Gasteiger partial charge is 0.493 e. The fourth-order valence-electron chi connectivity index (χ4n) is 3.59. The molecule has 7 heteroatoms. The van der Waals surface area contributed by atoms with Crippen LogP contribution in [-0.4, -0.2) is 28.7 Å². The van der Waals surface area contributed by atoms with Gasteiger partial charge in [-0.15, -0.1) is 5.10 Å². The molecule has 0 aliphatic rings. The first-order valence-corrected chi connectivity index (χ1v) is 11.6. The zero-order valence-corrected chi connectivity index (χ0v) is 20.1. The van der Waals surface area contributed by atoms with Crippen LogP contribution in [0.4, 0.5) is 0 Å². The van der Waals surface area contributed by atoms with E-state index in [0.29, 0.717) is 30.5 Å². The fourth-order valence-corrected chi connectivity index (χ4v) is 3.71. The van der Waals surface area contributed by atoms with Crippen LogP contribution in [0.5, 0.6) is 11.5 Å². The van der Waals surface area contributed by atoms with E-state index in [-0.39, 0.29) is 6.10 Å². The highest BCUT2D eigenvalue weighted by Gasteiger charge is 2.19. The average molecular weight is 478 g/mol. The minimum atomic E-state index is -0.370. The number of benzene rings is 3. The third-order valence-electron chi connectivity index (χ3n) is 5.29. The molecule has 1 aromatic heterocycles. The molecule has 1 unspecified atom stereocenters. The number of hydrogen-bond donors (Lipinski definition) is 0. The van der Waals surface area contributed by atoms with Crippen LogP contribution in [0.15, 0.2) is 79.0 Å². The summed E-state index contributed by atoms with van der Waals surface area (Å²) in [5, 5.41) is 9.46. The van der Waals surface area contributed by atoms with Gasteiger partial charge in [0.2, 0.25) is 0 Å². The lowest BCUT2D eigenvalue weighted by Gasteiger charge is -2.16. The van der Waals surface area contributed by atoms with Crippen molar-refractivity contribution in [3.63, 3.8) is 0 Å². The maximum absolute atomic E-state index is 6.30. The molecular weight excluding hydrogens is 450 g/mol. The van der Waals surface area contributed by atoms with Gasteiger partial charge in [0.15, 0.2) is 11.5 Å². The second kappa shape index (κ2) is 11.7. The van der Waals surface area contributed by atoms with Gasteiger partial charge in [-0.1, -0.05) is 72.3 Å². The molecule has 0 N–H and O–H groups in total. The smallest absolute Gasteiger partial charge is 0.161 e. The second-order valence-corrected chi connectivity index (χ2v) is 8.34. The van der Waals surface area contributed by atoms with E-state index < -0.39 is 0 Å². The van der Waals surface area contributed by atoms with Crippen LogP contribution in [0.3, 0.4) is 0 Å². The summed E-state index contributed by atoms with van der Waals surface area (Å²) >= 11 is 6.10. The lowest BCUT2D eigenvalue weighted by atomic mass is 10.1. The molecule has 0 fully saturated rings. The number of halogens is 1. The molecule has 4 aromatic rings. The molecule has 0 aliphatic carbocycles. The van der Waals surface area contributed by atoms with Crippen LogP contribution in [0.2, 0.25) is 5.02 Å². The van der Waals surface area contributed by atoms with Crippen molar-refractivity contribution in [3.8, 4) is 11.5 Å². The number of methoxy groups -OCH3 is 1. The number of hydrogen-bond acceptors (Lipinski definition) is 5. The molecular formula is C27H28ClN3O3. The van der Waals surface area contributed by atoms with Gasteiger partial charge in [-0.3, -0.25) is 0 Å². The highest BCUT2D eigenvalue weighted by atomic mass is 35.5. The van der Waals surface area contributed by atoms with Gasteiger partial charge in [-0.05, 0) is 47.4 Å². The van der Waals surface area contributed by atoms with E-state index in [1.54, 1.807) is 11.8 Å². The summed E-state index contributed by atoms with van der Waals surface area (Å²) in [7, 11) is 1.64. The standard InChI is InChI=1S/C27H28ClN3O3/c1-3-15-33-26-16-21(9-14-25(26)32-2)17-31-18-24(29-30-31)27(22-10-12-23(28)13-11-22)34-19-20-7-5-4-6-8-20/h4-14,16,18,27H,3,15,17,19H2,1-2H3. The molecule has 0 aliphatic heterocycles. The SMILES string of the molecule is CCCOc1cc(Cn2cc(C(OCc3ccccc3)c3ccc(Cl)cc3)nn2)ccc1OC. The van der Waals surface area contributed by atoms with Gasteiger partial charge in [0, 0.05) is 5.02 Å². The Hall–Kier alpha value is -3.35. The predicted molar refractivity (Wildman–Crippen MR) is 132 cm³/mol. The van der Waals surface area contributed by atoms with Gasteiger partial charge < -0.3 is 14.2 Å². The van der Waals surface area contributed by atoms with Gasteiger partial charge in [-0.25, -0.2) is 4.68 Å². The maximum atomic E-state index is 6.30. The van der Waals surface area contributed by atoms with Gasteiger partial charge in [0.25, 0.3) is 0 Å². The lowest BCUT2D eigenvalue weighted by Crippen LogP contribution is -2.07. The zero-order valence-electron chi connectivity index (χ0n) is 19.4. The zero-order chi connectivity index (χ0) is 23.8. The molecule has 1 atom stereocenters. The van der Waals surface area contributed by atoms with Gasteiger partial charge >= 0.3 is 0 Å². The van der Waals surface area contributed by atoms with Crippen LogP contribution in [0.1, 0.15) is 41.8 Å². The van der Waals surface area contributed by atoms with E-state index in [9.17, 15) is 0 Å². The normalized spacial score (nSPS) is 11.9. The highest BCUT2D eigenvalue weighted by molar-refractivity contribution is 6.30. The monoisotopic (exact) mass is 477 g/mol. The van der Waals surface area contributed by atoms with Crippen LogP contribution >= 0.6 is 11.6 Å². The molecule has 3 aromatic carbocycles. The van der Waals surface area contributed by atoms with Crippen molar-refractivity contribution < 1.29 is 14.2 Å². The Bertz CT molecular complexity index is 1180. The molecule has 0 bridgehead atoms. The van der Waals surface area contributed by atoms with E-state index in [1.165, 1.54) is 0 Å². The van der Waals surface area contributed by atoms with Gasteiger partial charge in [0.05, 0.1) is 33.1 Å². The minimum absolute atomic E-state index is 0.370. The minimum Gasteiger partial charge on any atom is -0.493 e. The Morgan fingerprint density at radius 2 is 1.74 bits per heavy atom. The lowest BCUT2D eigenvalue weighted by molar-refractivity contribution is 0.0639. The van der Waals surface area contributed by atoms with Crippen LogP contribution in [0, 0.1) is 0 Å². The molecule has 34 heavy (non-hydrogen) atoms. The molecule has 0 saturated heterocycles. The second-order valence-electron chi connectivity index (χ2n) is 7.90. The quantitative estimate of drug-likeness (QED) is 0.262. The molecule has 0 radical (unpaired) electrons. The average Bonchev–Trinajstić information content (AvgIpc) is 3.32. The van der Waals surface area contributed by atoms with Crippen molar-refractivity contribution in [3.05, 3.63) is 106 Å². The summed E-state index contributed by atoms with van der Waals surface area (Å²) in [6.45, 7) is 3.71. The Morgan fingerprint density at radius 1 is 0.941 bits per heavy atom. The van der Waals surface area contributed by atoms with E-state index in [0.717, 1.165) is 34.6 Å². The van der Waals surface area contributed by atoms with Crippen molar-refractivity contribution >= 4 is 11.6 Å². The van der Waals surface area contributed by atoms with Crippen LogP contribution in [0.25, 0.3) is 0 Å². The van der Waals surface area contributed by atoms with Gasteiger partial charge in [-0.2, -0.15) is 0 Å². The summed E-state index contributed by atoms with van der Waals surface area (Å²) in [6.07, 6.45) is 2.47. The Morgan fingerprint density at radius 3 is 2.47 bits per heavy atom. The Balaban J connectivity index is 1.54. The Kier molecular flexibility index (Phi) is 8.17. The van der Waals surface area contributed by atoms with Crippen molar-refractivity contribution in [1.82, 2.24) is 15.0 Å². The van der Waals surface area contributed by atoms with Crippen molar-refractivity contribution in [2.75, 3.05) is 13.7 Å². The van der Waals surface area contributed by atoms with Gasteiger partial charge in [0.1, 0.15) is 11.8 Å². The molecule has 0 spiro atoms. The number of aromatic nitrogens is 3. The molecule has 4 rings (SSSR count). The number of nitrogens with zero attached hydrogens (tertiary/aromatic N) is 3. The van der Waals surface area contributed by atoms with Crippen molar-refractivity contribution in [2.45, 2.75) is 32.6 Å². The first kappa shape index (κ1) is 23.8. The summed E-state index contributed by atoms with van der Waals surface area (Å²) in [4.78, 5) is 0. The molecule has 0 saturated carbocycles. The first-order chi connectivity index (χ1) is 16.7. The maximum Gasteiger partial charge on any atom is 0.161 e. The molecule has 0 amide bonds. The topological polar surface area (TPSA) is 58.4 Å². The molecule has 176 valence electrons. The van der Waals surface area contributed by atoms with E-state index >= 15 is 0 Å². The summed E-state index contributed by atoms with van der Waals surface area (Å²) in [5.41, 5.74) is 3.82. The van der Waals surface area contributed by atoms with Crippen molar-refractivity contribution in [1.29, 1.82) is 0 Å². The van der Waals surface area contributed by atoms with E-state index in [2.05, 4.69) is 17.2 Å². The summed E-state index contributed by atoms with van der Waals surface area (Å²) < 4.78 is 19.4. The van der Waals surface area contributed by atoms with Crippen LogP contribution < -0.4 is 9.47 Å². The first-order valence-electron chi connectivity index (χ1n) is 11.3. The van der Waals surface area contributed by atoms with Crippen LogP contribution in [-0.2, 0) is 17.9 Å². The van der Waals surface area contributed by atoms with E-state index in [4.69, 9.17) is 25.8 Å². The predicted octanol–water partition coefficient (Wildman–Crippen LogP) is 6.08. The third-order valence-corrected chi connectivity index (χ3v) is 5.54. The Labute approximate surface area is 205 Å². The summed E-state index contributed by atoms with van der Waals surface area (Å²) in [6, 6.07) is 23.6. The third kappa shape index (κ3) is 6.16.